The summed E-state index contributed by atoms with van der Waals surface area (Å²) in [5, 5.41) is 3.98. The second-order valence-electron chi connectivity index (χ2n) is 7.40. The van der Waals surface area contributed by atoms with Crippen LogP contribution in [0.4, 0.5) is 5.69 Å². The van der Waals surface area contributed by atoms with Crippen molar-refractivity contribution in [1.29, 1.82) is 0 Å². The molecule has 0 aliphatic heterocycles. The van der Waals surface area contributed by atoms with Gasteiger partial charge in [-0.25, -0.2) is 13.8 Å². The number of carbonyl (C=O) groups is 1. The van der Waals surface area contributed by atoms with Gasteiger partial charge in [-0.1, -0.05) is 23.8 Å². The van der Waals surface area contributed by atoms with Crippen molar-refractivity contribution in [2.24, 2.45) is 5.10 Å². The van der Waals surface area contributed by atoms with Gasteiger partial charge in [0.1, 0.15) is 6.54 Å². The summed E-state index contributed by atoms with van der Waals surface area (Å²) in [5.74, 6) is 0.380. The Kier molecular flexibility index (Phi) is 8.78. The number of anilines is 1. The smallest absolute Gasteiger partial charge is 0.264 e. The van der Waals surface area contributed by atoms with Crippen LogP contribution in [0.15, 0.2) is 81.6 Å². The highest BCUT2D eigenvalue weighted by Gasteiger charge is 2.27. The van der Waals surface area contributed by atoms with Crippen molar-refractivity contribution in [2.45, 2.75) is 16.7 Å². The van der Waals surface area contributed by atoms with E-state index in [0.29, 0.717) is 22.7 Å². The highest BCUT2D eigenvalue weighted by atomic mass is 32.2. The molecule has 3 aromatic carbocycles. The molecule has 0 heterocycles. The van der Waals surface area contributed by atoms with Crippen molar-refractivity contribution in [3.05, 3.63) is 77.9 Å². The molecule has 35 heavy (non-hydrogen) atoms. The minimum Gasteiger partial charge on any atom is -0.493 e. The van der Waals surface area contributed by atoms with Crippen molar-refractivity contribution in [3.63, 3.8) is 0 Å². The molecule has 0 bridgehead atoms. The second-order valence-corrected chi connectivity index (χ2v) is 10.1. The largest absolute Gasteiger partial charge is 0.493 e. The van der Waals surface area contributed by atoms with E-state index >= 15 is 0 Å². The Bertz CT molecular complexity index is 1290. The predicted octanol–water partition coefficient (Wildman–Crippen LogP) is 4.08. The van der Waals surface area contributed by atoms with Crippen molar-refractivity contribution in [1.82, 2.24) is 5.43 Å². The number of para-hydroxylation sites is 1. The molecule has 0 aliphatic rings. The zero-order valence-electron chi connectivity index (χ0n) is 19.9. The number of methoxy groups -OCH3 is 2. The van der Waals surface area contributed by atoms with Crippen molar-refractivity contribution < 1.29 is 22.7 Å². The van der Waals surface area contributed by atoms with Gasteiger partial charge in [-0.05, 0) is 61.7 Å². The third kappa shape index (κ3) is 6.34. The molecule has 10 heteroatoms. The molecule has 0 radical (unpaired) electrons. The van der Waals surface area contributed by atoms with E-state index in [1.807, 2.05) is 13.2 Å². The van der Waals surface area contributed by atoms with Crippen LogP contribution < -0.4 is 19.2 Å². The average Bonchev–Trinajstić information content (AvgIpc) is 2.87. The van der Waals surface area contributed by atoms with Crippen LogP contribution in [0.1, 0.15) is 11.1 Å². The molecule has 8 nitrogen and oxygen atoms in total. The summed E-state index contributed by atoms with van der Waals surface area (Å²) in [6.07, 6.45) is 3.32. The summed E-state index contributed by atoms with van der Waals surface area (Å²) in [5.41, 5.74) is 4.33. The van der Waals surface area contributed by atoms with E-state index in [1.165, 1.54) is 44.3 Å². The van der Waals surface area contributed by atoms with Crippen molar-refractivity contribution >= 4 is 39.6 Å². The van der Waals surface area contributed by atoms with Gasteiger partial charge in [-0.15, -0.1) is 11.8 Å². The number of hydrazone groups is 1. The first kappa shape index (κ1) is 26.1. The third-order valence-corrected chi connectivity index (χ3v) is 7.61. The monoisotopic (exact) mass is 513 g/mol. The summed E-state index contributed by atoms with van der Waals surface area (Å²) in [4.78, 5) is 13.8. The number of amides is 1. The number of hydrogen-bond acceptors (Lipinski definition) is 7. The first-order valence-electron chi connectivity index (χ1n) is 10.6. The molecule has 0 atom stereocenters. The van der Waals surface area contributed by atoms with E-state index in [0.717, 1.165) is 14.8 Å². The Hall–Kier alpha value is -3.50. The van der Waals surface area contributed by atoms with E-state index in [4.69, 9.17) is 9.47 Å². The molecule has 0 saturated heterocycles. The lowest BCUT2D eigenvalue weighted by Crippen LogP contribution is -2.39. The third-order valence-electron chi connectivity index (χ3n) is 5.08. The predicted molar refractivity (Wildman–Crippen MR) is 139 cm³/mol. The van der Waals surface area contributed by atoms with Crippen LogP contribution in [-0.2, 0) is 14.8 Å². The van der Waals surface area contributed by atoms with Gasteiger partial charge in [0.2, 0.25) is 0 Å². The lowest BCUT2D eigenvalue weighted by molar-refractivity contribution is -0.119. The zero-order valence-corrected chi connectivity index (χ0v) is 21.5. The van der Waals surface area contributed by atoms with Gasteiger partial charge in [0.05, 0.1) is 31.0 Å². The molecular weight excluding hydrogens is 486 g/mol. The molecule has 1 amide bonds. The minimum atomic E-state index is -4.01. The normalized spacial score (nSPS) is 11.3. The maximum absolute atomic E-state index is 13.5. The van der Waals surface area contributed by atoms with Crippen LogP contribution in [0.25, 0.3) is 0 Å². The van der Waals surface area contributed by atoms with E-state index < -0.39 is 22.5 Å². The Morgan fingerprint density at radius 2 is 1.71 bits per heavy atom. The van der Waals surface area contributed by atoms with Gasteiger partial charge in [0, 0.05) is 10.5 Å². The fraction of sp³-hybridized carbons (Fsp3) is 0.200. The summed E-state index contributed by atoms with van der Waals surface area (Å²) < 4.78 is 38.6. The molecule has 3 rings (SSSR count). The number of nitrogens with one attached hydrogen (secondary N) is 1. The molecule has 0 saturated carbocycles. The number of sulfonamides is 1. The van der Waals surface area contributed by atoms with Crippen LogP contribution in [0.2, 0.25) is 0 Å². The molecule has 0 unspecified atom stereocenters. The maximum Gasteiger partial charge on any atom is 0.264 e. The maximum atomic E-state index is 13.5. The zero-order chi connectivity index (χ0) is 25.4. The molecule has 0 spiro atoms. The molecule has 1 N–H and O–H groups in total. The van der Waals surface area contributed by atoms with Gasteiger partial charge in [-0.3, -0.25) is 9.10 Å². The fourth-order valence-electron chi connectivity index (χ4n) is 3.25. The summed E-state index contributed by atoms with van der Waals surface area (Å²) in [6, 6.07) is 18.7. The number of carbonyl (C=O) groups excluding carboxylic acids is 1. The van der Waals surface area contributed by atoms with Crippen LogP contribution in [0, 0.1) is 6.92 Å². The molecular formula is C25H27N3O5S2. The lowest BCUT2D eigenvalue weighted by Gasteiger charge is -2.24. The minimum absolute atomic E-state index is 0.0910. The van der Waals surface area contributed by atoms with Crippen LogP contribution >= 0.6 is 11.8 Å². The Labute approximate surface area is 210 Å². The number of ether oxygens (including phenoxy) is 2. The van der Waals surface area contributed by atoms with Crippen molar-refractivity contribution in [2.75, 3.05) is 31.3 Å². The average molecular weight is 514 g/mol. The van der Waals surface area contributed by atoms with Gasteiger partial charge in [0.15, 0.2) is 11.5 Å². The van der Waals surface area contributed by atoms with E-state index in [1.54, 1.807) is 54.6 Å². The number of hydrogen-bond donors (Lipinski definition) is 1. The highest BCUT2D eigenvalue weighted by molar-refractivity contribution is 7.98. The topological polar surface area (TPSA) is 97.3 Å². The SMILES string of the molecule is COc1cccc(/C=N\NC(=O)CN(c2ccc(C)cc2)S(=O)(=O)c2ccc(SC)cc2)c1OC. The Morgan fingerprint density at radius 1 is 1.03 bits per heavy atom. The number of nitrogens with zero attached hydrogens (tertiary/aromatic N) is 2. The standard InChI is InChI=1S/C25H27N3O5S2/c1-18-8-10-20(11-9-18)28(35(30,31)22-14-12-21(34-4)13-15-22)17-24(29)27-26-16-19-6-5-7-23(32-2)25(19)33-3/h5-16H,17H2,1-4H3,(H,27,29)/b26-16-. The van der Waals surface area contributed by atoms with Crippen LogP contribution in [0.5, 0.6) is 11.5 Å². The van der Waals surface area contributed by atoms with Gasteiger partial charge in [0.25, 0.3) is 15.9 Å². The van der Waals surface area contributed by atoms with Gasteiger partial charge < -0.3 is 9.47 Å². The molecule has 184 valence electrons. The fourth-order valence-corrected chi connectivity index (χ4v) is 5.08. The quantitative estimate of drug-likeness (QED) is 0.249. The number of aryl methyl sites for hydroxylation is 1. The first-order valence-corrected chi connectivity index (χ1v) is 13.2. The molecule has 0 aliphatic carbocycles. The summed E-state index contributed by atoms with van der Waals surface area (Å²) in [6.45, 7) is 1.44. The van der Waals surface area contributed by atoms with Crippen LogP contribution in [0.3, 0.4) is 0 Å². The van der Waals surface area contributed by atoms with E-state index in [2.05, 4.69) is 10.5 Å². The van der Waals surface area contributed by atoms with Gasteiger partial charge in [-0.2, -0.15) is 5.10 Å². The van der Waals surface area contributed by atoms with E-state index in [-0.39, 0.29) is 4.90 Å². The van der Waals surface area contributed by atoms with Crippen molar-refractivity contribution in [3.8, 4) is 11.5 Å². The number of rotatable bonds is 10. The Balaban J connectivity index is 1.85. The number of thioether (sulfide) groups is 1. The number of benzene rings is 3. The molecule has 3 aromatic rings. The first-order chi connectivity index (χ1) is 16.8. The summed E-state index contributed by atoms with van der Waals surface area (Å²) in [7, 11) is -0.982. The summed E-state index contributed by atoms with van der Waals surface area (Å²) >= 11 is 1.51. The lowest BCUT2D eigenvalue weighted by atomic mass is 10.2. The highest BCUT2D eigenvalue weighted by Crippen LogP contribution is 2.29. The Morgan fingerprint density at radius 3 is 2.31 bits per heavy atom. The van der Waals surface area contributed by atoms with E-state index in [9.17, 15) is 13.2 Å². The van der Waals surface area contributed by atoms with Crippen LogP contribution in [-0.4, -0.2) is 47.6 Å². The van der Waals surface area contributed by atoms with Gasteiger partial charge >= 0.3 is 0 Å². The second kappa shape index (κ2) is 11.8. The molecule has 0 aromatic heterocycles. The molecule has 0 fully saturated rings.